The number of anilines is 2. The van der Waals surface area contributed by atoms with E-state index in [2.05, 4.69) is 56.4 Å². The van der Waals surface area contributed by atoms with E-state index in [9.17, 15) is 4.79 Å². The quantitative estimate of drug-likeness (QED) is 0.516. The maximum Gasteiger partial charge on any atom is 0.280 e. The van der Waals surface area contributed by atoms with Gasteiger partial charge in [-0.15, -0.1) is 0 Å². The molecule has 1 saturated heterocycles. The third-order valence-electron chi connectivity index (χ3n) is 7.07. The number of nitrogens with zero attached hydrogens (tertiary/aromatic N) is 5. The molecule has 34 heavy (non-hydrogen) atoms. The van der Waals surface area contributed by atoms with Crippen molar-refractivity contribution in [3.05, 3.63) is 41.2 Å². The number of amides is 1. The number of ether oxygens (including phenoxy) is 1. The summed E-state index contributed by atoms with van der Waals surface area (Å²) in [6.07, 6.45) is 4.59. The summed E-state index contributed by atoms with van der Waals surface area (Å²) in [5.41, 5.74) is 3.40. The zero-order chi connectivity index (χ0) is 23.7. The third kappa shape index (κ3) is 4.28. The molecular formula is C25H32N6O2S. The van der Waals surface area contributed by atoms with E-state index in [0.29, 0.717) is 23.7 Å². The van der Waals surface area contributed by atoms with E-state index in [1.165, 1.54) is 22.6 Å². The van der Waals surface area contributed by atoms with Gasteiger partial charge in [-0.3, -0.25) is 4.79 Å². The Labute approximate surface area is 204 Å². The highest BCUT2D eigenvalue weighted by Gasteiger charge is 2.45. The number of likely N-dealkylation sites (tertiary alicyclic amines) is 1. The highest BCUT2D eigenvalue weighted by Crippen LogP contribution is 2.49. The van der Waals surface area contributed by atoms with E-state index < -0.39 is 0 Å². The summed E-state index contributed by atoms with van der Waals surface area (Å²) >= 11 is 1.32. The van der Waals surface area contributed by atoms with Gasteiger partial charge >= 0.3 is 0 Å². The van der Waals surface area contributed by atoms with Gasteiger partial charge in [-0.2, -0.15) is 0 Å². The van der Waals surface area contributed by atoms with E-state index in [1.807, 2.05) is 13.8 Å². The van der Waals surface area contributed by atoms with Gasteiger partial charge in [0.15, 0.2) is 10.8 Å². The number of hydrogen-bond donors (Lipinski definition) is 1. The third-order valence-corrected chi connectivity index (χ3v) is 8.04. The monoisotopic (exact) mass is 480 g/mol. The Morgan fingerprint density at radius 1 is 1.26 bits per heavy atom. The van der Waals surface area contributed by atoms with E-state index in [0.717, 1.165) is 49.5 Å². The molecule has 1 unspecified atom stereocenters. The molecule has 0 aliphatic carbocycles. The summed E-state index contributed by atoms with van der Waals surface area (Å²) in [6.45, 7) is 8.30. The maximum atomic E-state index is 12.9. The molecule has 1 aromatic carbocycles. The van der Waals surface area contributed by atoms with E-state index in [4.69, 9.17) is 9.72 Å². The number of carbonyl (C=O) groups is 1. The van der Waals surface area contributed by atoms with Gasteiger partial charge in [-0.1, -0.05) is 29.5 Å². The molecule has 0 bridgehead atoms. The van der Waals surface area contributed by atoms with Gasteiger partial charge in [0.2, 0.25) is 0 Å². The van der Waals surface area contributed by atoms with Gasteiger partial charge in [0.25, 0.3) is 5.91 Å². The smallest absolute Gasteiger partial charge is 0.280 e. The van der Waals surface area contributed by atoms with Crippen LogP contribution in [0.1, 0.15) is 48.5 Å². The van der Waals surface area contributed by atoms with Crippen molar-refractivity contribution >= 4 is 39.1 Å². The predicted octanol–water partition coefficient (Wildman–Crippen LogP) is 3.75. The van der Waals surface area contributed by atoms with Gasteiger partial charge < -0.3 is 19.9 Å². The van der Waals surface area contributed by atoms with Gasteiger partial charge in [-0.05, 0) is 64.9 Å². The Morgan fingerprint density at radius 3 is 2.85 bits per heavy atom. The Bertz CT molecular complexity index is 1170. The number of carbonyl (C=O) groups excluding carboxylic acids is 1. The van der Waals surface area contributed by atoms with E-state index >= 15 is 0 Å². The van der Waals surface area contributed by atoms with Crippen molar-refractivity contribution in [3.8, 4) is 0 Å². The Morgan fingerprint density at radius 2 is 2.06 bits per heavy atom. The van der Waals surface area contributed by atoms with Gasteiger partial charge in [-0.25, -0.2) is 15.0 Å². The van der Waals surface area contributed by atoms with Crippen molar-refractivity contribution in [2.45, 2.75) is 44.6 Å². The average molecular weight is 481 g/mol. The molecule has 5 rings (SSSR count). The molecule has 1 N–H and O–H groups in total. The second-order valence-corrected chi connectivity index (χ2v) is 10.4. The molecule has 2 aliphatic heterocycles. The minimum atomic E-state index is -0.174. The summed E-state index contributed by atoms with van der Waals surface area (Å²) in [6, 6.07) is 8.67. The molecule has 1 spiro atoms. The fourth-order valence-electron chi connectivity index (χ4n) is 5.09. The minimum absolute atomic E-state index is 0.00590. The molecule has 0 saturated carbocycles. The number of aromatic nitrogens is 3. The number of rotatable bonds is 7. The van der Waals surface area contributed by atoms with E-state index in [-0.39, 0.29) is 17.4 Å². The normalized spacial score (nSPS) is 18.4. The summed E-state index contributed by atoms with van der Waals surface area (Å²) in [5, 5.41) is 3.45. The number of fused-ring (bicyclic) bond motifs is 3. The fourth-order valence-corrected chi connectivity index (χ4v) is 5.90. The zero-order valence-electron chi connectivity index (χ0n) is 20.1. The first-order valence-corrected chi connectivity index (χ1v) is 12.9. The maximum absolute atomic E-state index is 12.9. The van der Waals surface area contributed by atoms with Crippen LogP contribution >= 0.6 is 11.3 Å². The van der Waals surface area contributed by atoms with Crippen LogP contribution in [0.5, 0.6) is 0 Å². The molecular weight excluding hydrogens is 448 g/mol. The van der Waals surface area contributed by atoms with Crippen molar-refractivity contribution in [1.29, 1.82) is 0 Å². The van der Waals surface area contributed by atoms with Crippen LogP contribution in [-0.4, -0.2) is 71.7 Å². The second-order valence-electron chi connectivity index (χ2n) is 9.42. The summed E-state index contributed by atoms with van der Waals surface area (Å²) in [7, 11) is 2.19. The fraction of sp³-hybridized carbons (Fsp3) is 0.520. The topological polar surface area (TPSA) is 83.5 Å². The van der Waals surface area contributed by atoms with Gasteiger partial charge in [0, 0.05) is 36.9 Å². The van der Waals surface area contributed by atoms with Crippen LogP contribution in [0.15, 0.2) is 30.6 Å². The molecule has 3 aromatic rings. The summed E-state index contributed by atoms with van der Waals surface area (Å²) in [4.78, 5) is 32.1. The molecule has 1 fully saturated rings. The highest BCUT2D eigenvalue weighted by atomic mass is 32.1. The largest absolute Gasteiger partial charge is 0.382 e. The molecule has 2 aliphatic rings. The van der Waals surface area contributed by atoms with Crippen molar-refractivity contribution in [2.24, 2.45) is 0 Å². The van der Waals surface area contributed by atoms with Crippen LogP contribution in [-0.2, 0) is 10.2 Å². The van der Waals surface area contributed by atoms with Crippen LogP contribution in [0.3, 0.4) is 0 Å². The summed E-state index contributed by atoms with van der Waals surface area (Å²) < 4.78 is 5.40. The lowest BCUT2D eigenvalue weighted by Gasteiger charge is -2.38. The van der Waals surface area contributed by atoms with Crippen molar-refractivity contribution < 1.29 is 9.53 Å². The van der Waals surface area contributed by atoms with Crippen molar-refractivity contribution in [2.75, 3.05) is 44.8 Å². The second kappa shape index (κ2) is 9.56. The Balaban J connectivity index is 1.44. The van der Waals surface area contributed by atoms with Gasteiger partial charge in [0.05, 0.1) is 0 Å². The Kier molecular flexibility index (Phi) is 6.50. The molecule has 0 radical (unpaired) electrons. The number of thiazole rings is 1. The van der Waals surface area contributed by atoms with Crippen LogP contribution in [0.2, 0.25) is 0 Å². The van der Waals surface area contributed by atoms with Crippen LogP contribution in [0, 0.1) is 0 Å². The predicted molar refractivity (Wildman–Crippen MR) is 135 cm³/mol. The number of benzene rings is 1. The standard InChI is InChI=1S/C25H32N6O2S/c1-4-33-14-9-17(2)28-22(32)24-29-20-21(26-16-27-23(20)34-24)31-15-25(10-12-30(3)13-11-25)18-7-5-6-8-19(18)31/h5-8,16-17H,4,9-15H2,1-3H3,(H,28,32). The summed E-state index contributed by atoms with van der Waals surface area (Å²) in [5.74, 6) is 0.611. The highest BCUT2D eigenvalue weighted by molar-refractivity contribution is 7.20. The lowest BCUT2D eigenvalue weighted by molar-refractivity contribution is 0.0920. The molecule has 1 atom stereocenters. The van der Waals surface area contributed by atoms with Crippen molar-refractivity contribution in [3.63, 3.8) is 0 Å². The molecule has 9 heteroatoms. The van der Waals surface area contributed by atoms with E-state index in [1.54, 1.807) is 6.33 Å². The first-order valence-electron chi connectivity index (χ1n) is 12.1. The minimum Gasteiger partial charge on any atom is -0.382 e. The molecule has 8 nitrogen and oxygen atoms in total. The number of piperidine rings is 1. The molecule has 2 aromatic heterocycles. The average Bonchev–Trinajstić information content (AvgIpc) is 3.42. The number of para-hydroxylation sites is 1. The lowest BCUT2D eigenvalue weighted by atomic mass is 9.74. The molecule has 180 valence electrons. The number of hydrogen-bond acceptors (Lipinski definition) is 8. The molecule has 4 heterocycles. The SMILES string of the molecule is CCOCCC(C)NC(=O)c1nc2c(N3CC4(CCN(C)CC4)c4ccccc43)ncnc2s1. The van der Waals surface area contributed by atoms with Crippen molar-refractivity contribution in [1.82, 2.24) is 25.2 Å². The van der Waals surface area contributed by atoms with Crippen LogP contribution in [0.25, 0.3) is 10.3 Å². The first-order chi connectivity index (χ1) is 16.5. The zero-order valence-corrected chi connectivity index (χ0v) is 20.9. The van der Waals surface area contributed by atoms with Crippen LogP contribution in [0.4, 0.5) is 11.5 Å². The number of nitrogens with one attached hydrogen (secondary N) is 1. The Hall–Kier alpha value is -2.62. The van der Waals surface area contributed by atoms with Gasteiger partial charge in [0.1, 0.15) is 16.7 Å². The molecule has 1 amide bonds. The first kappa shape index (κ1) is 23.1. The lowest BCUT2D eigenvalue weighted by Crippen LogP contribution is -2.43. The van der Waals surface area contributed by atoms with Crippen LogP contribution < -0.4 is 10.2 Å².